The lowest BCUT2D eigenvalue weighted by molar-refractivity contribution is -0.610. The lowest BCUT2D eigenvalue weighted by atomic mass is 9.98. The second kappa shape index (κ2) is 5.58. The van der Waals surface area contributed by atoms with Gasteiger partial charge in [-0.2, -0.15) is 9.25 Å². The predicted octanol–water partition coefficient (Wildman–Crippen LogP) is 2.25. The number of nitrogens with zero attached hydrogens (tertiary/aromatic N) is 2. The highest BCUT2D eigenvalue weighted by atomic mass is 32.1. The zero-order chi connectivity index (χ0) is 14.9. The van der Waals surface area contributed by atoms with Crippen LogP contribution in [0.25, 0.3) is 5.69 Å². The summed E-state index contributed by atoms with van der Waals surface area (Å²) in [6.07, 6.45) is 0.136. The number of aryl methyl sites for hydroxylation is 1. The number of carbonyl (C=O) groups is 1. The topological polar surface area (TPSA) is 61.9 Å². The molecule has 6 heteroatoms. The molecule has 0 amide bonds. The Morgan fingerprint density at radius 1 is 1.45 bits per heavy atom. The number of rotatable bonds is 4. The lowest BCUT2D eigenvalue weighted by Gasteiger charge is -2.09. The van der Waals surface area contributed by atoms with Crippen LogP contribution in [0.1, 0.15) is 30.7 Å². The highest BCUT2D eigenvalue weighted by Crippen LogP contribution is 2.19. The SMILES string of the molecule is Cc1n(C)[nH]c(=S)[n+]1-c1ccc(C(C)CC(=O)O)cc1. The van der Waals surface area contributed by atoms with E-state index in [9.17, 15) is 4.79 Å². The average molecular weight is 292 g/mol. The van der Waals surface area contributed by atoms with Crippen LogP contribution in [0, 0.1) is 11.7 Å². The molecule has 0 aliphatic heterocycles. The fraction of sp³-hybridized carbons (Fsp3) is 0.357. The van der Waals surface area contributed by atoms with Gasteiger partial charge in [0, 0.05) is 6.92 Å². The minimum absolute atomic E-state index is 0.00189. The van der Waals surface area contributed by atoms with E-state index in [2.05, 4.69) is 5.10 Å². The lowest BCUT2D eigenvalue weighted by Crippen LogP contribution is -2.33. The molecule has 1 atom stereocenters. The van der Waals surface area contributed by atoms with E-state index in [-0.39, 0.29) is 12.3 Å². The van der Waals surface area contributed by atoms with Crippen molar-refractivity contribution >= 4 is 18.2 Å². The van der Waals surface area contributed by atoms with E-state index in [1.807, 2.05) is 54.4 Å². The van der Waals surface area contributed by atoms with Crippen molar-refractivity contribution in [1.29, 1.82) is 0 Å². The standard InChI is InChI=1S/C14H17N3O2S/c1-9(8-13(18)19)11-4-6-12(7-5-11)17-10(2)16(3)15-14(17)20/h4-7,9H,8H2,1-3H3,(H-,15,18,19,20)/p+1. The number of hydrogen-bond acceptors (Lipinski definition) is 2. The van der Waals surface area contributed by atoms with Gasteiger partial charge in [0.05, 0.1) is 13.5 Å². The Kier molecular flexibility index (Phi) is 4.04. The molecule has 0 fully saturated rings. The van der Waals surface area contributed by atoms with Crippen LogP contribution in [0.5, 0.6) is 0 Å². The molecule has 1 heterocycles. The molecule has 1 unspecified atom stereocenters. The maximum Gasteiger partial charge on any atom is 0.328 e. The van der Waals surface area contributed by atoms with Gasteiger partial charge in [0.25, 0.3) is 0 Å². The first-order chi connectivity index (χ1) is 9.40. The van der Waals surface area contributed by atoms with Gasteiger partial charge >= 0.3 is 10.7 Å². The van der Waals surface area contributed by atoms with Crippen molar-refractivity contribution in [2.24, 2.45) is 7.05 Å². The van der Waals surface area contributed by atoms with E-state index in [0.717, 1.165) is 17.1 Å². The number of hydrogen-bond donors (Lipinski definition) is 2. The first kappa shape index (κ1) is 14.5. The molecule has 0 saturated carbocycles. The summed E-state index contributed by atoms with van der Waals surface area (Å²) in [6, 6.07) is 7.84. The van der Waals surface area contributed by atoms with E-state index in [1.165, 1.54) is 0 Å². The number of nitrogens with one attached hydrogen (secondary N) is 1. The van der Waals surface area contributed by atoms with Crippen LogP contribution in [0.2, 0.25) is 0 Å². The van der Waals surface area contributed by atoms with Gasteiger partial charge < -0.3 is 5.11 Å². The van der Waals surface area contributed by atoms with Gasteiger partial charge in [-0.15, -0.1) is 5.10 Å². The van der Waals surface area contributed by atoms with Gasteiger partial charge in [-0.05, 0) is 35.8 Å². The van der Waals surface area contributed by atoms with Crippen molar-refractivity contribution in [3.8, 4) is 5.69 Å². The summed E-state index contributed by atoms with van der Waals surface area (Å²) in [5.41, 5.74) is 1.98. The largest absolute Gasteiger partial charge is 0.481 e. The van der Waals surface area contributed by atoms with Gasteiger partial charge in [-0.3, -0.25) is 4.79 Å². The third-order valence-electron chi connectivity index (χ3n) is 3.48. The molecule has 1 aromatic heterocycles. The van der Waals surface area contributed by atoms with Crippen LogP contribution in [0.4, 0.5) is 0 Å². The second-order valence-corrected chi connectivity index (χ2v) is 5.34. The van der Waals surface area contributed by atoms with Crippen molar-refractivity contribution in [2.45, 2.75) is 26.2 Å². The fourth-order valence-electron chi connectivity index (χ4n) is 2.21. The summed E-state index contributed by atoms with van der Waals surface area (Å²) in [5.74, 6) is 0.219. The van der Waals surface area contributed by atoms with E-state index >= 15 is 0 Å². The number of carboxylic acid groups (broad SMARTS) is 1. The maximum atomic E-state index is 10.7. The Hall–Kier alpha value is -1.95. The number of H-pyrrole nitrogens is 1. The molecule has 0 aliphatic rings. The normalized spacial score (nSPS) is 12.3. The third kappa shape index (κ3) is 2.80. The van der Waals surface area contributed by atoms with Crippen LogP contribution in [0.15, 0.2) is 24.3 Å². The van der Waals surface area contributed by atoms with E-state index in [1.54, 1.807) is 0 Å². The van der Waals surface area contributed by atoms with Crippen molar-refractivity contribution in [3.63, 3.8) is 0 Å². The zero-order valence-corrected chi connectivity index (χ0v) is 12.6. The van der Waals surface area contributed by atoms with Crippen molar-refractivity contribution in [2.75, 3.05) is 0 Å². The first-order valence-electron chi connectivity index (χ1n) is 6.40. The summed E-state index contributed by atoms with van der Waals surface area (Å²) >= 11 is 5.29. The van der Waals surface area contributed by atoms with Gasteiger partial charge in [-0.25, -0.2) is 0 Å². The molecule has 106 valence electrons. The zero-order valence-electron chi connectivity index (χ0n) is 11.8. The smallest absolute Gasteiger partial charge is 0.328 e. The quantitative estimate of drug-likeness (QED) is 0.671. The number of aromatic nitrogens is 3. The van der Waals surface area contributed by atoms with E-state index in [0.29, 0.717) is 4.77 Å². The summed E-state index contributed by atoms with van der Waals surface area (Å²) in [5, 5.41) is 11.9. The van der Waals surface area contributed by atoms with Crippen molar-refractivity contribution in [1.82, 2.24) is 9.78 Å². The van der Waals surface area contributed by atoms with Crippen molar-refractivity contribution < 1.29 is 14.5 Å². The Balaban J connectivity index is 2.33. The minimum atomic E-state index is -0.780. The second-order valence-electron chi connectivity index (χ2n) is 4.95. The maximum absolute atomic E-state index is 10.7. The molecule has 0 bridgehead atoms. The molecular weight excluding hydrogens is 274 g/mol. The van der Waals surface area contributed by atoms with E-state index in [4.69, 9.17) is 17.3 Å². The highest BCUT2D eigenvalue weighted by Gasteiger charge is 2.15. The third-order valence-corrected chi connectivity index (χ3v) is 3.75. The fourth-order valence-corrected chi connectivity index (χ4v) is 2.58. The molecule has 2 rings (SSSR count). The van der Waals surface area contributed by atoms with Crippen LogP contribution >= 0.6 is 12.2 Å². The Labute approximate surface area is 122 Å². The van der Waals surface area contributed by atoms with Gasteiger partial charge in [0.1, 0.15) is 5.69 Å². The minimum Gasteiger partial charge on any atom is -0.481 e. The van der Waals surface area contributed by atoms with Gasteiger partial charge in [0.15, 0.2) is 0 Å². The molecule has 2 N–H and O–H groups in total. The van der Waals surface area contributed by atoms with Gasteiger partial charge in [0.2, 0.25) is 5.82 Å². The summed E-state index contributed by atoms with van der Waals surface area (Å²) in [6.45, 7) is 3.89. The molecule has 5 nitrogen and oxygen atoms in total. The number of aromatic amines is 1. The number of aliphatic carboxylic acids is 1. The Bertz CT molecular complexity index is 685. The monoisotopic (exact) mass is 292 g/mol. The first-order valence-corrected chi connectivity index (χ1v) is 6.80. The van der Waals surface area contributed by atoms with E-state index < -0.39 is 5.97 Å². The number of benzene rings is 1. The van der Waals surface area contributed by atoms with Crippen molar-refractivity contribution in [3.05, 3.63) is 40.4 Å². The molecule has 0 radical (unpaired) electrons. The predicted molar refractivity (Wildman–Crippen MR) is 77.5 cm³/mol. The van der Waals surface area contributed by atoms with Crippen LogP contribution in [0.3, 0.4) is 0 Å². The molecule has 2 aromatic rings. The Morgan fingerprint density at radius 2 is 2.05 bits per heavy atom. The summed E-state index contributed by atoms with van der Waals surface area (Å²) in [7, 11) is 1.91. The van der Waals surface area contributed by atoms with Crippen LogP contribution in [-0.2, 0) is 11.8 Å². The number of carboxylic acids is 1. The molecule has 20 heavy (non-hydrogen) atoms. The highest BCUT2D eigenvalue weighted by molar-refractivity contribution is 7.71. The molecule has 0 spiro atoms. The summed E-state index contributed by atoms with van der Waals surface area (Å²) < 4.78 is 4.45. The van der Waals surface area contributed by atoms with Gasteiger partial charge in [-0.1, -0.05) is 19.1 Å². The molecule has 0 saturated heterocycles. The molecular formula is C14H18N3O2S+. The summed E-state index contributed by atoms with van der Waals surface area (Å²) in [4.78, 5) is 10.7. The molecule has 0 aliphatic carbocycles. The average Bonchev–Trinajstić information content (AvgIpc) is 2.63. The molecule has 1 aromatic carbocycles. The van der Waals surface area contributed by atoms with Crippen LogP contribution in [-0.4, -0.2) is 20.9 Å². The van der Waals surface area contributed by atoms with Crippen LogP contribution < -0.4 is 4.57 Å². The Morgan fingerprint density at radius 3 is 2.50 bits per heavy atom.